The largest absolute Gasteiger partial charge is 0.459 e. The lowest BCUT2D eigenvalue weighted by Crippen LogP contribution is -2.15. The van der Waals surface area contributed by atoms with Crippen molar-refractivity contribution in [3.63, 3.8) is 0 Å². The number of furan rings is 1. The van der Waals surface area contributed by atoms with Crippen LogP contribution in [0.25, 0.3) is 0 Å². The van der Waals surface area contributed by atoms with Crippen LogP contribution in [0.1, 0.15) is 16.2 Å². The van der Waals surface area contributed by atoms with Gasteiger partial charge in [0.05, 0.1) is 18.4 Å². The van der Waals surface area contributed by atoms with E-state index in [1.54, 1.807) is 11.4 Å². The van der Waals surface area contributed by atoms with Crippen molar-refractivity contribution >= 4 is 34.0 Å². The van der Waals surface area contributed by atoms with Gasteiger partial charge in [0.2, 0.25) is 5.91 Å². The van der Waals surface area contributed by atoms with E-state index in [2.05, 4.69) is 15.6 Å². The number of carbonyl (C=O) groups excluding carboxylic acids is 2. The Morgan fingerprint density at radius 1 is 1.16 bits per heavy atom. The summed E-state index contributed by atoms with van der Waals surface area (Å²) in [6.45, 7) is 0. The molecule has 2 aromatic heterocycles. The first-order valence-electron chi connectivity index (χ1n) is 7.05. The zero-order valence-corrected chi connectivity index (χ0v) is 13.4. The van der Waals surface area contributed by atoms with E-state index in [0.29, 0.717) is 10.8 Å². The van der Waals surface area contributed by atoms with Crippen molar-refractivity contribution in [1.29, 1.82) is 0 Å². The molecule has 0 saturated heterocycles. The quantitative estimate of drug-likeness (QED) is 0.727. The fraction of sp³-hybridized carbons (Fsp3) is 0.0625. The van der Waals surface area contributed by atoms with Gasteiger partial charge in [-0.05, 0) is 24.3 Å². The molecule has 2 N–H and O–H groups in total. The summed E-state index contributed by atoms with van der Waals surface area (Å²) in [7, 11) is 0. The van der Waals surface area contributed by atoms with E-state index >= 15 is 0 Å². The second-order valence-corrected chi connectivity index (χ2v) is 5.79. The predicted octanol–water partition coefficient (Wildman–Crippen LogP) is 3.45. The first-order chi connectivity index (χ1) is 12.0. The second-order valence-electron chi connectivity index (χ2n) is 4.93. The highest BCUT2D eigenvalue weighted by molar-refractivity contribution is 7.14. The number of anilines is 2. The average molecular weight is 363 g/mol. The Balaban J connectivity index is 1.58. The molecule has 1 aromatic carbocycles. The maximum absolute atomic E-state index is 13.1. The summed E-state index contributed by atoms with van der Waals surface area (Å²) >= 11 is 1.15. The number of thiazole rings is 1. The number of carbonyl (C=O) groups is 2. The van der Waals surface area contributed by atoms with Gasteiger partial charge in [-0.3, -0.25) is 14.9 Å². The Bertz CT molecular complexity index is 909. The minimum absolute atomic E-state index is 0.0773. The highest BCUT2D eigenvalue weighted by atomic mass is 32.1. The van der Waals surface area contributed by atoms with Crippen molar-refractivity contribution in [2.75, 3.05) is 10.6 Å². The van der Waals surface area contributed by atoms with Crippen molar-refractivity contribution in [1.82, 2.24) is 4.98 Å². The molecule has 0 atom stereocenters. The molecule has 3 aromatic rings. The second kappa shape index (κ2) is 7.22. The first-order valence-corrected chi connectivity index (χ1v) is 7.93. The van der Waals surface area contributed by atoms with E-state index in [4.69, 9.17) is 4.42 Å². The molecule has 2 heterocycles. The van der Waals surface area contributed by atoms with Crippen LogP contribution in [0.5, 0.6) is 0 Å². The maximum atomic E-state index is 13.1. The monoisotopic (exact) mass is 363 g/mol. The molecule has 2 amide bonds. The first kappa shape index (κ1) is 16.8. The van der Waals surface area contributed by atoms with Gasteiger partial charge in [0.15, 0.2) is 22.5 Å². The minimum Gasteiger partial charge on any atom is -0.459 e. The smallest absolute Gasteiger partial charge is 0.293 e. The zero-order valence-electron chi connectivity index (χ0n) is 12.6. The normalized spacial score (nSPS) is 10.5. The molecule has 0 aliphatic carbocycles. The number of hydrogen-bond donors (Lipinski definition) is 2. The summed E-state index contributed by atoms with van der Waals surface area (Å²) in [5, 5.41) is 6.93. The average Bonchev–Trinajstić information content (AvgIpc) is 3.23. The number of benzene rings is 1. The maximum Gasteiger partial charge on any atom is 0.293 e. The van der Waals surface area contributed by atoms with Crippen molar-refractivity contribution in [2.45, 2.75) is 6.42 Å². The lowest BCUT2D eigenvalue weighted by atomic mass is 10.2. The fourth-order valence-electron chi connectivity index (χ4n) is 1.96. The topological polar surface area (TPSA) is 84.2 Å². The van der Waals surface area contributed by atoms with Crippen molar-refractivity contribution in [3.05, 3.63) is 65.1 Å². The Morgan fingerprint density at radius 2 is 2.00 bits per heavy atom. The van der Waals surface area contributed by atoms with Gasteiger partial charge >= 0.3 is 0 Å². The number of amides is 2. The van der Waals surface area contributed by atoms with Gasteiger partial charge in [0.25, 0.3) is 5.91 Å². The van der Waals surface area contributed by atoms with E-state index < -0.39 is 23.4 Å². The number of halogens is 2. The Hall–Kier alpha value is -3.07. The van der Waals surface area contributed by atoms with Gasteiger partial charge in [0.1, 0.15) is 0 Å². The summed E-state index contributed by atoms with van der Waals surface area (Å²) in [4.78, 5) is 27.9. The number of rotatable bonds is 5. The van der Waals surface area contributed by atoms with E-state index in [-0.39, 0.29) is 17.9 Å². The van der Waals surface area contributed by atoms with Gasteiger partial charge in [-0.1, -0.05) is 0 Å². The van der Waals surface area contributed by atoms with E-state index in [0.717, 1.165) is 23.5 Å². The summed E-state index contributed by atoms with van der Waals surface area (Å²) in [5.41, 5.74) is 0.574. The molecule has 0 bridgehead atoms. The number of nitrogens with zero attached hydrogens (tertiary/aromatic N) is 1. The Morgan fingerprint density at radius 3 is 2.72 bits per heavy atom. The van der Waals surface area contributed by atoms with Gasteiger partial charge in [0, 0.05) is 17.1 Å². The van der Waals surface area contributed by atoms with Gasteiger partial charge in [-0.2, -0.15) is 0 Å². The Kier molecular flexibility index (Phi) is 4.85. The molecule has 9 heteroatoms. The lowest BCUT2D eigenvalue weighted by molar-refractivity contribution is -0.115. The van der Waals surface area contributed by atoms with E-state index in [1.165, 1.54) is 18.4 Å². The van der Waals surface area contributed by atoms with Crippen molar-refractivity contribution < 1.29 is 22.8 Å². The molecular weight excluding hydrogens is 352 g/mol. The number of hydrogen-bond acceptors (Lipinski definition) is 5. The molecule has 3 rings (SSSR count). The van der Waals surface area contributed by atoms with Crippen molar-refractivity contribution in [2.24, 2.45) is 0 Å². The number of aromatic nitrogens is 1. The van der Waals surface area contributed by atoms with E-state index in [9.17, 15) is 18.4 Å². The third-order valence-corrected chi connectivity index (χ3v) is 3.87. The van der Waals surface area contributed by atoms with Crippen LogP contribution >= 0.6 is 11.3 Å². The molecule has 0 radical (unpaired) electrons. The zero-order chi connectivity index (χ0) is 17.8. The Labute approximate surface area is 144 Å². The molecule has 0 aliphatic rings. The molecule has 128 valence electrons. The van der Waals surface area contributed by atoms with Crippen LogP contribution in [0.3, 0.4) is 0 Å². The highest BCUT2D eigenvalue weighted by Crippen LogP contribution is 2.18. The molecule has 0 aliphatic heterocycles. The molecule has 0 fully saturated rings. The van der Waals surface area contributed by atoms with Crippen LogP contribution in [0.15, 0.2) is 46.4 Å². The summed E-state index contributed by atoms with van der Waals surface area (Å²) < 4.78 is 30.9. The summed E-state index contributed by atoms with van der Waals surface area (Å²) in [6, 6.07) is 6.18. The van der Waals surface area contributed by atoms with E-state index in [1.807, 2.05) is 0 Å². The third kappa shape index (κ3) is 4.27. The van der Waals surface area contributed by atoms with Gasteiger partial charge in [-0.25, -0.2) is 13.8 Å². The van der Waals surface area contributed by atoms with Crippen LogP contribution in [-0.4, -0.2) is 16.8 Å². The molecule has 0 spiro atoms. The van der Waals surface area contributed by atoms with Crippen LogP contribution in [0.4, 0.5) is 19.6 Å². The molecular formula is C16H11F2N3O3S. The summed E-state index contributed by atoms with van der Waals surface area (Å²) in [6.07, 6.45) is 1.30. The molecule has 0 saturated carbocycles. The van der Waals surface area contributed by atoms with Crippen molar-refractivity contribution in [3.8, 4) is 0 Å². The third-order valence-electron chi connectivity index (χ3n) is 3.06. The highest BCUT2D eigenvalue weighted by Gasteiger charge is 2.13. The minimum atomic E-state index is -1.05. The van der Waals surface area contributed by atoms with Gasteiger partial charge < -0.3 is 9.73 Å². The lowest BCUT2D eigenvalue weighted by Gasteiger charge is -2.04. The SMILES string of the molecule is O=C(Cc1csc(NC(=O)c2ccco2)n1)Nc1ccc(F)c(F)c1. The van der Waals surface area contributed by atoms with Crippen LogP contribution in [-0.2, 0) is 11.2 Å². The van der Waals surface area contributed by atoms with Gasteiger partial charge in [-0.15, -0.1) is 11.3 Å². The van der Waals surface area contributed by atoms with Crippen LogP contribution in [0.2, 0.25) is 0 Å². The van der Waals surface area contributed by atoms with Crippen LogP contribution < -0.4 is 10.6 Å². The number of nitrogens with one attached hydrogen (secondary N) is 2. The van der Waals surface area contributed by atoms with Crippen LogP contribution in [0, 0.1) is 11.6 Å². The standard InChI is InChI=1S/C16H11F2N3O3S/c17-11-4-3-9(6-12(11)18)19-14(22)7-10-8-25-16(20-10)21-15(23)13-2-1-5-24-13/h1-6,8H,7H2,(H,19,22)(H,20,21,23). The molecule has 25 heavy (non-hydrogen) atoms. The fourth-order valence-corrected chi connectivity index (χ4v) is 2.66. The molecule has 0 unspecified atom stereocenters. The predicted molar refractivity (Wildman–Crippen MR) is 87.5 cm³/mol. The molecule has 6 nitrogen and oxygen atoms in total. The summed E-state index contributed by atoms with van der Waals surface area (Å²) in [5.74, 6) is -2.78.